The maximum atomic E-state index is 13.6. The highest BCUT2D eigenvalue weighted by molar-refractivity contribution is 5.94. The number of nitrogens with zero attached hydrogens (tertiary/aromatic N) is 1. The van der Waals surface area contributed by atoms with Crippen molar-refractivity contribution in [2.24, 2.45) is 0 Å². The molecule has 0 radical (unpaired) electrons. The summed E-state index contributed by atoms with van der Waals surface area (Å²) < 4.78 is 13.6. The fraction of sp³-hybridized carbons (Fsp3) is 0.167. The first-order valence-corrected chi connectivity index (χ1v) is 5.09. The van der Waals surface area contributed by atoms with Crippen molar-refractivity contribution < 1.29 is 19.1 Å². The fourth-order valence-corrected chi connectivity index (χ4v) is 1.23. The molecule has 0 saturated heterocycles. The quantitative estimate of drug-likeness (QED) is 0.622. The van der Waals surface area contributed by atoms with Crippen molar-refractivity contribution in [1.29, 1.82) is 0 Å². The van der Waals surface area contributed by atoms with Gasteiger partial charge < -0.3 is 5.11 Å². The normalized spacial score (nSPS) is 10.9. The summed E-state index contributed by atoms with van der Waals surface area (Å²) >= 11 is 0. The van der Waals surface area contributed by atoms with Gasteiger partial charge in [-0.1, -0.05) is 6.07 Å². The van der Waals surface area contributed by atoms with Crippen molar-refractivity contribution in [1.82, 2.24) is 10.4 Å². The second-order valence-corrected chi connectivity index (χ2v) is 3.74. The number of rotatable bonds is 4. The molecule has 0 unspecified atom stereocenters. The van der Waals surface area contributed by atoms with Gasteiger partial charge in [0.1, 0.15) is 5.82 Å². The number of carbonyl (C=O) groups excluding carboxylic acids is 1. The number of hydrogen-bond donors (Lipinski definition) is 2. The third-order valence-electron chi connectivity index (χ3n) is 1.99. The van der Waals surface area contributed by atoms with E-state index in [1.54, 1.807) is 14.1 Å². The van der Waals surface area contributed by atoms with Gasteiger partial charge in [-0.15, -0.1) is 0 Å². The molecule has 0 bridgehead atoms. The first kappa shape index (κ1) is 13.9. The van der Waals surface area contributed by atoms with Crippen LogP contribution < -0.4 is 5.43 Å². The van der Waals surface area contributed by atoms with Crippen LogP contribution in [0.1, 0.15) is 15.9 Å². The third kappa shape index (κ3) is 3.99. The van der Waals surface area contributed by atoms with Crippen molar-refractivity contribution in [2.75, 3.05) is 14.1 Å². The van der Waals surface area contributed by atoms with E-state index >= 15 is 0 Å². The molecule has 0 aliphatic carbocycles. The molecule has 0 fully saturated rings. The Bertz CT molecular complexity index is 498. The van der Waals surface area contributed by atoms with E-state index in [1.807, 2.05) is 0 Å². The highest BCUT2D eigenvalue weighted by Crippen LogP contribution is 2.12. The number of nitrogens with one attached hydrogen (secondary N) is 1. The molecule has 0 saturated carbocycles. The van der Waals surface area contributed by atoms with Gasteiger partial charge in [-0.25, -0.2) is 14.2 Å². The van der Waals surface area contributed by atoms with E-state index in [0.29, 0.717) is 0 Å². The molecule has 6 heteroatoms. The van der Waals surface area contributed by atoms with Crippen LogP contribution in [0, 0.1) is 5.82 Å². The first-order chi connectivity index (χ1) is 8.40. The van der Waals surface area contributed by atoms with E-state index in [1.165, 1.54) is 17.1 Å². The van der Waals surface area contributed by atoms with Crippen LogP contribution >= 0.6 is 0 Å². The van der Waals surface area contributed by atoms with E-state index in [9.17, 15) is 14.0 Å². The third-order valence-corrected chi connectivity index (χ3v) is 1.99. The van der Waals surface area contributed by atoms with E-state index in [2.05, 4.69) is 5.43 Å². The van der Waals surface area contributed by atoms with E-state index in [0.717, 1.165) is 18.2 Å². The number of carboxylic acids is 1. The number of carbonyl (C=O) groups is 2. The van der Waals surface area contributed by atoms with Crippen LogP contribution in [0.3, 0.4) is 0 Å². The lowest BCUT2D eigenvalue weighted by atomic mass is 10.1. The minimum atomic E-state index is -1.16. The Morgan fingerprint density at radius 1 is 1.39 bits per heavy atom. The number of hydrazine groups is 1. The van der Waals surface area contributed by atoms with Gasteiger partial charge in [0, 0.05) is 31.3 Å². The summed E-state index contributed by atoms with van der Waals surface area (Å²) in [6.07, 6.45) is 1.96. The van der Waals surface area contributed by atoms with Gasteiger partial charge in [0.25, 0.3) is 5.91 Å². The largest absolute Gasteiger partial charge is 0.478 e. The van der Waals surface area contributed by atoms with Gasteiger partial charge in [0.15, 0.2) is 0 Å². The van der Waals surface area contributed by atoms with Crippen LogP contribution in [0.2, 0.25) is 0 Å². The summed E-state index contributed by atoms with van der Waals surface area (Å²) in [6.45, 7) is 0. The van der Waals surface area contributed by atoms with Crippen LogP contribution in [0.15, 0.2) is 24.3 Å². The van der Waals surface area contributed by atoms with Crippen molar-refractivity contribution in [2.45, 2.75) is 0 Å². The molecule has 0 heterocycles. The summed E-state index contributed by atoms with van der Waals surface area (Å²) in [6, 6.07) is 3.82. The van der Waals surface area contributed by atoms with Crippen LogP contribution in [-0.4, -0.2) is 36.1 Å². The smallest absolute Gasteiger partial charge is 0.328 e. The average molecular weight is 252 g/mol. The zero-order valence-electron chi connectivity index (χ0n) is 9.98. The molecule has 2 N–H and O–H groups in total. The van der Waals surface area contributed by atoms with Gasteiger partial charge in [-0.3, -0.25) is 10.2 Å². The minimum Gasteiger partial charge on any atom is -0.478 e. The molecule has 0 aromatic heterocycles. The Hall–Kier alpha value is -2.21. The SMILES string of the molecule is CN(C)NC(=O)c1ccc(/C=C/C(=O)O)c(F)c1. The Balaban J connectivity index is 2.92. The predicted octanol–water partition coefficient (Wildman–Crippen LogP) is 1.13. The molecule has 0 aliphatic heterocycles. The van der Waals surface area contributed by atoms with Crippen LogP contribution in [0.5, 0.6) is 0 Å². The zero-order chi connectivity index (χ0) is 13.7. The molecule has 1 aromatic carbocycles. The monoisotopic (exact) mass is 252 g/mol. The molecular weight excluding hydrogens is 239 g/mol. The summed E-state index contributed by atoms with van der Waals surface area (Å²) in [5, 5.41) is 9.87. The molecule has 5 nitrogen and oxygen atoms in total. The molecule has 18 heavy (non-hydrogen) atoms. The number of halogens is 1. The topological polar surface area (TPSA) is 69.6 Å². The molecular formula is C12H13FN2O3. The number of aliphatic carboxylic acids is 1. The standard InChI is InChI=1S/C12H13FN2O3/c1-15(2)14-12(18)9-4-3-8(10(13)7-9)5-6-11(16)17/h3-7H,1-2H3,(H,14,18)(H,16,17)/b6-5+. The Morgan fingerprint density at radius 2 is 2.06 bits per heavy atom. The number of amides is 1. The summed E-state index contributed by atoms with van der Waals surface area (Å²) in [5.74, 6) is -2.25. The van der Waals surface area contributed by atoms with E-state index in [-0.39, 0.29) is 11.1 Å². The summed E-state index contributed by atoms with van der Waals surface area (Å²) in [4.78, 5) is 21.9. The van der Waals surface area contributed by atoms with Crippen LogP contribution in [0.25, 0.3) is 6.08 Å². The van der Waals surface area contributed by atoms with Gasteiger partial charge in [-0.2, -0.15) is 0 Å². The highest BCUT2D eigenvalue weighted by Gasteiger charge is 2.09. The zero-order valence-corrected chi connectivity index (χ0v) is 9.98. The average Bonchev–Trinajstić information content (AvgIpc) is 2.26. The Labute approximate surface area is 103 Å². The molecule has 0 atom stereocenters. The number of hydrogen-bond acceptors (Lipinski definition) is 3. The van der Waals surface area contributed by atoms with Crippen molar-refractivity contribution in [3.63, 3.8) is 0 Å². The molecule has 0 aliphatic rings. The minimum absolute atomic E-state index is 0.110. The van der Waals surface area contributed by atoms with E-state index in [4.69, 9.17) is 5.11 Å². The Kier molecular flexibility index (Phi) is 4.56. The molecule has 0 spiro atoms. The predicted molar refractivity (Wildman–Crippen MR) is 64.2 cm³/mol. The molecule has 1 rings (SSSR count). The lowest BCUT2D eigenvalue weighted by Gasteiger charge is -2.11. The van der Waals surface area contributed by atoms with Crippen molar-refractivity contribution in [3.8, 4) is 0 Å². The lowest BCUT2D eigenvalue weighted by Crippen LogP contribution is -2.36. The van der Waals surface area contributed by atoms with Gasteiger partial charge in [0.2, 0.25) is 0 Å². The second-order valence-electron chi connectivity index (χ2n) is 3.74. The first-order valence-electron chi connectivity index (χ1n) is 5.09. The van der Waals surface area contributed by atoms with Gasteiger partial charge >= 0.3 is 5.97 Å². The fourth-order valence-electron chi connectivity index (χ4n) is 1.23. The maximum absolute atomic E-state index is 13.6. The van der Waals surface area contributed by atoms with Crippen molar-refractivity contribution in [3.05, 3.63) is 41.2 Å². The van der Waals surface area contributed by atoms with Crippen LogP contribution in [-0.2, 0) is 4.79 Å². The summed E-state index contributed by atoms with van der Waals surface area (Å²) in [5.41, 5.74) is 2.74. The number of carboxylic acid groups (broad SMARTS) is 1. The summed E-state index contributed by atoms with van der Waals surface area (Å²) in [7, 11) is 3.27. The Morgan fingerprint density at radius 3 is 2.56 bits per heavy atom. The highest BCUT2D eigenvalue weighted by atomic mass is 19.1. The van der Waals surface area contributed by atoms with Crippen LogP contribution in [0.4, 0.5) is 4.39 Å². The molecule has 1 amide bonds. The van der Waals surface area contributed by atoms with Gasteiger partial charge in [-0.05, 0) is 18.2 Å². The van der Waals surface area contributed by atoms with Crippen molar-refractivity contribution >= 4 is 18.0 Å². The van der Waals surface area contributed by atoms with Gasteiger partial charge in [0.05, 0.1) is 0 Å². The second kappa shape index (κ2) is 5.92. The van der Waals surface area contributed by atoms with E-state index < -0.39 is 17.7 Å². The molecule has 1 aromatic rings. The number of benzene rings is 1. The molecule has 96 valence electrons. The lowest BCUT2D eigenvalue weighted by molar-refractivity contribution is -0.131. The maximum Gasteiger partial charge on any atom is 0.328 e.